The number of benzene rings is 2. The molecule has 0 saturated carbocycles. The largest absolute Gasteiger partial charge is 0.507 e. The fourth-order valence-corrected chi connectivity index (χ4v) is 4.44. The van der Waals surface area contributed by atoms with Crippen molar-refractivity contribution in [3.63, 3.8) is 0 Å². The van der Waals surface area contributed by atoms with Crippen LogP contribution in [0, 0.1) is 0 Å². The molecule has 1 N–H and O–H groups in total. The molecule has 2 aliphatic rings. The molecule has 4 rings (SSSR count). The van der Waals surface area contributed by atoms with Crippen LogP contribution < -0.4 is 4.90 Å². The highest BCUT2D eigenvalue weighted by Gasteiger charge is 2.35. The molecule has 0 fully saturated rings. The summed E-state index contributed by atoms with van der Waals surface area (Å²) >= 11 is 1.07. The predicted molar refractivity (Wildman–Crippen MR) is 112 cm³/mol. The summed E-state index contributed by atoms with van der Waals surface area (Å²) in [6, 6.07) is 13.7. The second kappa shape index (κ2) is 7.67. The van der Waals surface area contributed by atoms with Crippen molar-refractivity contribution in [1.82, 2.24) is 0 Å². The number of amides is 1. The van der Waals surface area contributed by atoms with Crippen LogP contribution in [0.4, 0.5) is 5.69 Å². The van der Waals surface area contributed by atoms with Crippen molar-refractivity contribution >= 4 is 39.3 Å². The highest BCUT2D eigenvalue weighted by Crippen LogP contribution is 2.37. The third kappa shape index (κ3) is 3.61. The number of aliphatic imine (C=N–C) groups is 1. The lowest BCUT2D eigenvalue weighted by Gasteiger charge is -2.35. The Balaban J connectivity index is 1.62. The van der Waals surface area contributed by atoms with Crippen molar-refractivity contribution in [3.05, 3.63) is 71.4 Å². The van der Waals surface area contributed by atoms with Gasteiger partial charge < -0.3 is 10.0 Å². The highest BCUT2D eigenvalue weighted by molar-refractivity contribution is 8.27. The lowest BCUT2D eigenvalue weighted by atomic mass is 9.91. The standard InChI is InChI=1S/C22H18N2O4S/c1-13(25)24-15(12-19(27)20-17(24)8-5-9-18(20)26)10-11-16-22(28)29-21(23-16)14-6-3-2-4-7-14/h2-9,11,15,26H,10,12H2,1H3/b16-11+. The lowest BCUT2D eigenvalue weighted by Crippen LogP contribution is -2.44. The minimum absolute atomic E-state index is 0.0739. The normalized spacial score (nSPS) is 20.0. The number of rotatable bonds is 3. The van der Waals surface area contributed by atoms with Crippen molar-refractivity contribution in [1.29, 1.82) is 0 Å². The molecule has 0 aromatic heterocycles. The first-order valence-electron chi connectivity index (χ1n) is 9.17. The summed E-state index contributed by atoms with van der Waals surface area (Å²) in [6.45, 7) is 1.42. The zero-order chi connectivity index (χ0) is 20.5. The van der Waals surface area contributed by atoms with Crippen LogP contribution in [-0.4, -0.2) is 33.0 Å². The molecule has 146 valence electrons. The molecular weight excluding hydrogens is 388 g/mol. The first kappa shape index (κ1) is 19.1. The second-order valence-electron chi connectivity index (χ2n) is 6.84. The number of fused-ring (bicyclic) bond motifs is 1. The van der Waals surface area contributed by atoms with E-state index in [1.54, 1.807) is 18.2 Å². The zero-order valence-electron chi connectivity index (χ0n) is 15.7. The molecule has 0 aliphatic carbocycles. The number of carbonyl (C=O) groups excluding carboxylic acids is 3. The van der Waals surface area contributed by atoms with E-state index in [1.807, 2.05) is 30.3 Å². The fraction of sp³-hybridized carbons (Fsp3) is 0.182. The van der Waals surface area contributed by atoms with Crippen molar-refractivity contribution in [2.45, 2.75) is 25.8 Å². The molecule has 1 atom stereocenters. The van der Waals surface area contributed by atoms with Crippen molar-refractivity contribution in [2.75, 3.05) is 4.90 Å². The first-order chi connectivity index (χ1) is 14.0. The fourth-order valence-electron chi connectivity index (χ4n) is 3.63. The topological polar surface area (TPSA) is 87.0 Å². The van der Waals surface area contributed by atoms with E-state index in [0.29, 0.717) is 22.8 Å². The molecule has 0 bridgehead atoms. The van der Waals surface area contributed by atoms with E-state index >= 15 is 0 Å². The first-order valence-corrected chi connectivity index (χ1v) is 9.99. The van der Waals surface area contributed by atoms with E-state index in [0.717, 1.165) is 17.3 Å². The molecule has 2 aromatic carbocycles. The number of anilines is 1. The molecule has 6 nitrogen and oxygen atoms in total. The number of ketones is 1. The van der Waals surface area contributed by atoms with Gasteiger partial charge in [0.05, 0.1) is 11.3 Å². The second-order valence-corrected chi connectivity index (χ2v) is 7.80. The number of aromatic hydroxyl groups is 1. The number of Topliss-reactive ketones (excluding diaryl/α,β-unsaturated/α-hetero) is 1. The van der Waals surface area contributed by atoms with Gasteiger partial charge in [-0.05, 0) is 30.3 Å². The summed E-state index contributed by atoms with van der Waals surface area (Å²) in [6.07, 6.45) is 2.07. The Morgan fingerprint density at radius 1 is 1.21 bits per heavy atom. The van der Waals surface area contributed by atoms with Gasteiger partial charge in [0.15, 0.2) is 5.78 Å². The van der Waals surface area contributed by atoms with Crippen LogP contribution in [0.3, 0.4) is 0 Å². The highest BCUT2D eigenvalue weighted by atomic mass is 32.2. The van der Waals surface area contributed by atoms with E-state index < -0.39 is 6.04 Å². The Hall–Kier alpha value is -3.19. The van der Waals surface area contributed by atoms with Gasteiger partial charge in [-0.2, -0.15) is 0 Å². The number of nitrogens with zero attached hydrogens (tertiary/aromatic N) is 2. The number of hydrogen-bond donors (Lipinski definition) is 1. The van der Waals surface area contributed by atoms with Crippen LogP contribution >= 0.6 is 11.8 Å². The molecule has 0 saturated heterocycles. The third-order valence-electron chi connectivity index (χ3n) is 4.91. The zero-order valence-corrected chi connectivity index (χ0v) is 16.5. The number of thioether (sulfide) groups is 1. The number of phenols is 1. The lowest BCUT2D eigenvalue weighted by molar-refractivity contribution is -0.117. The SMILES string of the molecule is CC(=O)N1c2cccc(O)c2C(=O)CC1C/C=C1/N=C(c2ccccc2)SC1=O. The van der Waals surface area contributed by atoms with E-state index in [9.17, 15) is 19.5 Å². The quantitative estimate of drug-likeness (QED) is 0.786. The monoisotopic (exact) mass is 406 g/mol. The Morgan fingerprint density at radius 2 is 1.97 bits per heavy atom. The smallest absolute Gasteiger partial charge is 0.243 e. The van der Waals surface area contributed by atoms with Gasteiger partial charge in [0.2, 0.25) is 11.0 Å². The summed E-state index contributed by atoms with van der Waals surface area (Å²) in [5.74, 6) is -0.581. The summed E-state index contributed by atoms with van der Waals surface area (Å²) < 4.78 is 0. The van der Waals surface area contributed by atoms with Crippen LogP contribution in [0.15, 0.2) is 65.3 Å². The van der Waals surface area contributed by atoms with E-state index in [-0.39, 0.29) is 34.5 Å². The molecule has 2 aliphatic heterocycles. The van der Waals surface area contributed by atoms with Crippen molar-refractivity contribution < 1.29 is 19.5 Å². The molecule has 2 aromatic rings. The molecular formula is C22H18N2O4S. The number of phenolic OH excluding ortho intramolecular Hbond substituents is 1. The van der Waals surface area contributed by atoms with Gasteiger partial charge in [0, 0.05) is 24.9 Å². The van der Waals surface area contributed by atoms with Gasteiger partial charge in [0.1, 0.15) is 16.5 Å². The summed E-state index contributed by atoms with van der Waals surface area (Å²) in [7, 11) is 0. The van der Waals surface area contributed by atoms with Crippen LogP contribution in [-0.2, 0) is 9.59 Å². The Kier molecular flexibility index (Phi) is 5.07. The maximum atomic E-state index is 12.6. The van der Waals surface area contributed by atoms with Gasteiger partial charge >= 0.3 is 0 Å². The number of carbonyl (C=O) groups is 3. The van der Waals surface area contributed by atoms with Gasteiger partial charge in [-0.1, -0.05) is 42.5 Å². The molecule has 7 heteroatoms. The van der Waals surface area contributed by atoms with Crippen molar-refractivity contribution in [3.8, 4) is 5.75 Å². The Bertz CT molecular complexity index is 1080. The van der Waals surface area contributed by atoms with E-state index in [1.165, 1.54) is 17.9 Å². The average molecular weight is 406 g/mol. The average Bonchev–Trinajstić information content (AvgIpc) is 3.07. The van der Waals surface area contributed by atoms with Crippen LogP contribution in [0.1, 0.15) is 35.7 Å². The van der Waals surface area contributed by atoms with Gasteiger partial charge in [-0.25, -0.2) is 4.99 Å². The van der Waals surface area contributed by atoms with Crippen molar-refractivity contribution in [2.24, 2.45) is 4.99 Å². The molecule has 2 heterocycles. The Labute approximate surface area is 171 Å². The Morgan fingerprint density at radius 3 is 2.69 bits per heavy atom. The van der Waals surface area contributed by atoms with Gasteiger partial charge in [-0.3, -0.25) is 14.4 Å². The maximum Gasteiger partial charge on any atom is 0.243 e. The summed E-state index contributed by atoms with van der Waals surface area (Å²) in [5.41, 5.74) is 1.77. The minimum Gasteiger partial charge on any atom is -0.507 e. The van der Waals surface area contributed by atoms with E-state index in [4.69, 9.17) is 0 Å². The molecule has 0 spiro atoms. The van der Waals surface area contributed by atoms with E-state index in [2.05, 4.69) is 4.99 Å². The third-order valence-corrected chi connectivity index (χ3v) is 5.82. The minimum atomic E-state index is -0.435. The summed E-state index contributed by atoms with van der Waals surface area (Å²) in [5, 5.41) is 10.5. The molecule has 1 unspecified atom stereocenters. The molecule has 1 amide bonds. The van der Waals surface area contributed by atoms with Crippen LogP contribution in [0.25, 0.3) is 0 Å². The van der Waals surface area contributed by atoms with Gasteiger partial charge in [-0.15, -0.1) is 0 Å². The van der Waals surface area contributed by atoms with Gasteiger partial charge in [0.25, 0.3) is 0 Å². The van der Waals surface area contributed by atoms with Crippen LogP contribution in [0.5, 0.6) is 5.75 Å². The van der Waals surface area contributed by atoms with Crippen LogP contribution in [0.2, 0.25) is 0 Å². The molecule has 29 heavy (non-hydrogen) atoms. The predicted octanol–water partition coefficient (Wildman–Crippen LogP) is 3.69. The maximum absolute atomic E-state index is 12.6. The number of hydrogen-bond acceptors (Lipinski definition) is 6. The molecule has 0 radical (unpaired) electrons. The summed E-state index contributed by atoms with van der Waals surface area (Å²) in [4.78, 5) is 43.2.